The first-order valence-corrected chi connectivity index (χ1v) is 5.75. The number of esters is 1. The van der Waals surface area contributed by atoms with Gasteiger partial charge >= 0.3 is 5.97 Å². The van der Waals surface area contributed by atoms with E-state index in [1.165, 1.54) is 0 Å². The molecule has 1 unspecified atom stereocenters. The lowest BCUT2D eigenvalue weighted by molar-refractivity contribution is -0.161. The third-order valence-electron chi connectivity index (χ3n) is 2.43. The molecule has 0 aliphatic heterocycles. The number of benzene rings is 1. The Labute approximate surface area is 107 Å². The van der Waals surface area contributed by atoms with Crippen molar-refractivity contribution in [2.75, 3.05) is 0 Å². The molecule has 4 nitrogen and oxygen atoms in total. The quantitative estimate of drug-likeness (QED) is 0.652. The Morgan fingerprint density at radius 3 is 2.28 bits per heavy atom. The molecule has 0 spiro atoms. The summed E-state index contributed by atoms with van der Waals surface area (Å²) in [5.74, 6) is -1.45. The van der Waals surface area contributed by atoms with Gasteiger partial charge in [0.25, 0.3) is 0 Å². The highest BCUT2D eigenvalue weighted by Crippen LogP contribution is 2.17. The summed E-state index contributed by atoms with van der Waals surface area (Å²) in [6.45, 7) is 4.98. The maximum atomic E-state index is 11.7. The van der Waals surface area contributed by atoms with Crippen molar-refractivity contribution in [3.05, 3.63) is 35.9 Å². The minimum atomic E-state index is -1.71. The highest BCUT2D eigenvalue weighted by atomic mass is 16.5. The Morgan fingerprint density at radius 2 is 1.78 bits per heavy atom. The molecular formula is C14H18O4. The number of ether oxygens (including phenoxy) is 1. The number of aliphatic hydroxyl groups excluding tert-OH is 1. The van der Waals surface area contributed by atoms with E-state index in [1.807, 2.05) is 18.2 Å². The molecular weight excluding hydrogens is 232 g/mol. The van der Waals surface area contributed by atoms with Gasteiger partial charge in [-0.25, -0.2) is 4.79 Å². The van der Waals surface area contributed by atoms with E-state index in [9.17, 15) is 14.7 Å². The van der Waals surface area contributed by atoms with Crippen molar-refractivity contribution in [3.63, 3.8) is 0 Å². The van der Waals surface area contributed by atoms with Crippen LogP contribution in [-0.2, 0) is 20.9 Å². The van der Waals surface area contributed by atoms with Gasteiger partial charge in [0.2, 0.25) is 6.10 Å². The number of rotatable bonds is 4. The van der Waals surface area contributed by atoms with Gasteiger partial charge in [0.05, 0.1) is 0 Å². The SMILES string of the molecule is CC(C)(C)C(=O)C(O)C(=O)OCc1ccccc1. The van der Waals surface area contributed by atoms with Gasteiger partial charge in [-0.05, 0) is 5.56 Å². The van der Waals surface area contributed by atoms with Crippen LogP contribution in [0.2, 0.25) is 0 Å². The molecule has 1 atom stereocenters. The van der Waals surface area contributed by atoms with E-state index in [-0.39, 0.29) is 6.61 Å². The molecule has 0 radical (unpaired) electrons. The lowest BCUT2D eigenvalue weighted by Gasteiger charge is -2.19. The second-order valence-corrected chi connectivity index (χ2v) is 5.11. The van der Waals surface area contributed by atoms with Crippen LogP contribution in [0.3, 0.4) is 0 Å². The fourth-order valence-electron chi connectivity index (χ4n) is 1.32. The monoisotopic (exact) mass is 250 g/mol. The fraction of sp³-hybridized carbons (Fsp3) is 0.429. The largest absolute Gasteiger partial charge is 0.459 e. The topological polar surface area (TPSA) is 63.6 Å². The van der Waals surface area contributed by atoms with Crippen molar-refractivity contribution in [3.8, 4) is 0 Å². The second-order valence-electron chi connectivity index (χ2n) is 5.11. The summed E-state index contributed by atoms with van der Waals surface area (Å²) in [7, 11) is 0. The Kier molecular flexibility index (Phi) is 4.62. The Balaban J connectivity index is 2.54. The summed E-state index contributed by atoms with van der Waals surface area (Å²) < 4.78 is 4.90. The Morgan fingerprint density at radius 1 is 1.22 bits per heavy atom. The van der Waals surface area contributed by atoms with Crippen LogP contribution in [0.15, 0.2) is 30.3 Å². The van der Waals surface area contributed by atoms with Gasteiger partial charge in [-0.1, -0.05) is 51.1 Å². The lowest BCUT2D eigenvalue weighted by atomic mass is 9.87. The molecule has 0 saturated carbocycles. The predicted molar refractivity (Wildman–Crippen MR) is 66.7 cm³/mol. The fourth-order valence-corrected chi connectivity index (χ4v) is 1.32. The normalized spacial score (nSPS) is 12.9. The minimum absolute atomic E-state index is 0.0498. The Hall–Kier alpha value is -1.68. The van der Waals surface area contributed by atoms with Crippen molar-refractivity contribution >= 4 is 11.8 Å². The van der Waals surface area contributed by atoms with E-state index in [1.54, 1.807) is 32.9 Å². The van der Waals surface area contributed by atoms with E-state index >= 15 is 0 Å². The van der Waals surface area contributed by atoms with Crippen LogP contribution in [0, 0.1) is 5.41 Å². The standard InChI is InChI=1S/C14H18O4/c1-14(2,3)12(16)11(15)13(17)18-9-10-7-5-4-6-8-10/h4-8,11,15H,9H2,1-3H3. The molecule has 0 fully saturated rings. The number of ketones is 1. The zero-order valence-corrected chi connectivity index (χ0v) is 10.8. The summed E-state index contributed by atoms with van der Waals surface area (Å²) >= 11 is 0. The third-order valence-corrected chi connectivity index (χ3v) is 2.43. The maximum Gasteiger partial charge on any atom is 0.343 e. The molecule has 0 amide bonds. The van der Waals surface area contributed by atoms with Gasteiger partial charge < -0.3 is 9.84 Å². The van der Waals surface area contributed by atoms with E-state index in [0.29, 0.717) is 0 Å². The van der Waals surface area contributed by atoms with Gasteiger partial charge in [-0.2, -0.15) is 0 Å². The lowest BCUT2D eigenvalue weighted by Crippen LogP contribution is -2.39. The van der Waals surface area contributed by atoms with Gasteiger partial charge in [-0.15, -0.1) is 0 Å². The van der Waals surface area contributed by atoms with Crippen LogP contribution >= 0.6 is 0 Å². The van der Waals surface area contributed by atoms with Crippen LogP contribution in [0.25, 0.3) is 0 Å². The zero-order valence-electron chi connectivity index (χ0n) is 10.8. The number of aliphatic hydroxyl groups is 1. The van der Waals surface area contributed by atoms with Gasteiger partial charge in [0.15, 0.2) is 5.78 Å². The molecule has 0 heterocycles. The van der Waals surface area contributed by atoms with E-state index in [4.69, 9.17) is 4.74 Å². The number of hydrogen-bond donors (Lipinski definition) is 1. The molecule has 18 heavy (non-hydrogen) atoms. The van der Waals surface area contributed by atoms with Gasteiger partial charge in [-0.3, -0.25) is 4.79 Å². The highest BCUT2D eigenvalue weighted by molar-refractivity contribution is 6.04. The first-order chi connectivity index (χ1) is 8.32. The number of carbonyl (C=O) groups excluding carboxylic acids is 2. The van der Waals surface area contributed by atoms with Crippen LogP contribution in [0.1, 0.15) is 26.3 Å². The van der Waals surface area contributed by atoms with Crippen molar-refractivity contribution in [1.29, 1.82) is 0 Å². The molecule has 98 valence electrons. The first-order valence-electron chi connectivity index (χ1n) is 5.75. The number of hydrogen-bond acceptors (Lipinski definition) is 4. The minimum Gasteiger partial charge on any atom is -0.459 e. The van der Waals surface area contributed by atoms with Crippen molar-refractivity contribution in [2.24, 2.45) is 5.41 Å². The first kappa shape index (κ1) is 14.4. The zero-order chi connectivity index (χ0) is 13.8. The summed E-state index contributed by atoms with van der Waals surface area (Å²) in [6.07, 6.45) is -1.71. The van der Waals surface area contributed by atoms with Crippen molar-refractivity contribution in [2.45, 2.75) is 33.5 Å². The molecule has 1 aromatic carbocycles. The molecule has 0 aromatic heterocycles. The smallest absolute Gasteiger partial charge is 0.343 e. The average molecular weight is 250 g/mol. The molecule has 4 heteroatoms. The average Bonchev–Trinajstić information content (AvgIpc) is 2.34. The molecule has 1 N–H and O–H groups in total. The van der Waals surface area contributed by atoms with Crippen LogP contribution in [-0.4, -0.2) is 23.0 Å². The number of Topliss-reactive ketones (excluding diaryl/α,β-unsaturated/α-hetero) is 1. The molecule has 0 aliphatic rings. The van der Waals surface area contributed by atoms with Crippen LogP contribution in [0.4, 0.5) is 0 Å². The Bertz CT molecular complexity index is 417. The molecule has 1 aromatic rings. The summed E-state index contributed by atoms with van der Waals surface area (Å²) in [4.78, 5) is 23.2. The van der Waals surface area contributed by atoms with E-state index in [2.05, 4.69) is 0 Å². The van der Waals surface area contributed by atoms with Crippen molar-refractivity contribution in [1.82, 2.24) is 0 Å². The molecule has 0 aliphatic carbocycles. The summed E-state index contributed by atoms with van der Waals surface area (Å²) in [6, 6.07) is 9.08. The molecule has 0 saturated heterocycles. The van der Waals surface area contributed by atoms with Crippen LogP contribution in [0.5, 0.6) is 0 Å². The van der Waals surface area contributed by atoms with Gasteiger partial charge in [0, 0.05) is 5.41 Å². The summed E-state index contributed by atoms with van der Waals surface area (Å²) in [5, 5.41) is 9.58. The van der Waals surface area contributed by atoms with Crippen molar-refractivity contribution < 1.29 is 19.4 Å². The maximum absolute atomic E-state index is 11.7. The molecule has 1 rings (SSSR count). The predicted octanol–water partition coefficient (Wildman–Crippen LogP) is 1.71. The van der Waals surface area contributed by atoms with E-state index in [0.717, 1.165) is 5.56 Å². The summed E-state index contributed by atoms with van der Waals surface area (Å²) in [5.41, 5.74) is 0.0341. The second kappa shape index (κ2) is 5.78. The highest BCUT2D eigenvalue weighted by Gasteiger charge is 2.34. The van der Waals surface area contributed by atoms with Crippen LogP contribution < -0.4 is 0 Å². The third kappa shape index (κ3) is 3.96. The van der Waals surface area contributed by atoms with E-state index < -0.39 is 23.3 Å². The molecule has 0 bridgehead atoms. The van der Waals surface area contributed by atoms with Gasteiger partial charge in [0.1, 0.15) is 6.61 Å². The number of carbonyl (C=O) groups is 2.